The molecule has 2 unspecified atom stereocenters. The summed E-state index contributed by atoms with van der Waals surface area (Å²) in [6.07, 6.45) is 0.802. The fraction of sp³-hybridized carbons (Fsp3) is 0.571. The van der Waals surface area contributed by atoms with Crippen LogP contribution < -0.4 is 15.0 Å². The van der Waals surface area contributed by atoms with E-state index in [1.54, 1.807) is 0 Å². The zero-order valence-electron chi connectivity index (χ0n) is 11.1. The van der Waals surface area contributed by atoms with Crippen LogP contribution in [0.3, 0.4) is 0 Å². The van der Waals surface area contributed by atoms with Crippen molar-refractivity contribution in [3.05, 3.63) is 18.2 Å². The smallest absolute Gasteiger partial charge is 0.144 e. The van der Waals surface area contributed by atoms with E-state index in [0.29, 0.717) is 6.61 Å². The largest absolute Gasteiger partial charge is 0.489 e. The maximum Gasteiger partial charge on any atom is 0.144 e. The van der Waals surface area contributed by atoms with E-state index in [4.69, 9.17) is 14.6 Å². The maximum atomic E-state index is 9.10. The fourth-order valence-corrected chi connectivity index (χ4v) is 2.71. The Morgan fingerprint density at radius 3 is 3.16 bits per heavy atom. The van der Waals surface area contributed by atoms with Crippen LogP contribution in [0.1, 0.15) is 6.42 Å². The zero-order chi connectivity index (χ0) is 13.2. The van der Waals surface area contributed by atoms with Crippen LogP contribution in [0.15, 0.2) is 18.2 Å². The SMILES string of the molecule is CN1CCOc2cccc(NC3COC(CO)C3)c21. The van der Waals surface area contributed by atoms with E-state index in [9.17, 15) is 0 Å². The molecule has 5 nitrogen and oxygen atoms in total. The van der Waals surface area contributed by atoms with Crippen LogP contribution >= 0.6 is 0 Å². The highest BCUT2D eigenvalue weighted by atomic mass is 16.5. The Bertz CT molecular complexity index is 452. The summed E-state index contributed by atoms with van der Waals surface area (Å²) in [7, 11) is 2.08. The number of benzene rings is 1. The molecule has 0 aliphatic carbocycles. The molecule has 0 bridgehead atoms. The highest BCUT2D eigenvalue weighted by Crippen LogP contribution is 2.38. The second-order valence-electron chi connectivity index (χ2n) is 5.14. The minimum atomic E-state index is -0.0361. The number of para-hydroxylation sites is 1. The van der Waals surface area contributed by atoms with E-state index < -0.39 is 0 Å². The molecule has 2 aliphatic rings. The topological polar surface area (TPSA) is 54.0 Å². The van der Waals surface area contributed by atoms with Gasteiger partial charge in [0, 0.05) is 7.05 Å². The van der Waals surface area contributed by atoms with E-state index in [2.05, 4.69) is 23.3 Å². The van der Waals surface area contributed by atoms with Crippen molar-refractivity contribution in [1.29, 1.82) is 0 Å². The summed E-state index contributed by atoms with van der Waals surface area (Å²) < 4.78 is 11.2. The molecule has 0 aromatic heterocycles. The monoisotopic (exact) mass is 264 g/mol. The van der Waals surface area contributed by atoms with Gasteiger partial charge in [-0.2, -0.15) is 0 Å². The standard InChI is InChI=1S/C14H20N2O3/c1-16-5-6-18-13-4-2-3-12(14(13)16)15-10-7-11(8-17)19-9-10/h2-4,10-11,15,17H,5-9H2,1H3. The summed E-state index contributed by atoms with van der Waals surface area (Å²) in [6, 6.07) is 6.31. The van der Waals surface area contributed by atoms with Crippen molar-refractivity contribution >= 4 is 11.4 Å². The Kier molecular flexibility index (Phi) is 3.48. The third-order valence-corrected chi connectivity index (χ3v) is 3.71. The van der Waals surface area contributed by atoms with E-state index in [1.807, 2.05) is 12.1 Å². The van der Waals surface area contributed by atoms with Crippen molar-refractivity contribution in [2.45, 2.75) is 18.6 Å². The molecule has 2 N–H and O–H groups in total. The summed E-state index contributed by atoms with van der Waals surface area (Å²) in [5.74, 6) is 0.927. The molecule has 1 fully saturated rings. The molecule has 2 heterocycles. The van der Waals surface area contributed by atoms with Gasteiger partial charge >= 0.3 is 0 Å². The number of ether oxygens (including phenoxy) is 2. The molecule has 0 radical (unpaired) electrons. The van der Waals surface area contributed by atoms with Crippen LogP contribution in [0.25, 0.3) is 0 Å². The highest BCUT2D eigenvalue weighted by molar-refractivity contribution is 5.77. The van der Waals surface area contributed by atoms with E-state index in [-0.39, 0.29) is 18.8 Å². The van der Waals surface area contributed by atoms with Crippen molar-refractivity contribution in [1.82, 2.24) is 0 Å². The van der Waals surface area contributed by atoms with Gasteiger partial charge in [0.25, 0.3) is 0 Å². The average molecular weight is 264 g/mol. The molecule has 0 saturated carbocycles. The molecular weight excluding hydrogens is 244 g/mol. The number of rotatable bonds is 3. The second-order valence-corrected chi connectivity index (χ2v) is 5.14. The lowest BCUT2D eigenvalue weighted by Gasteiger charge is -2.30. The van der Waals surface area contributed by atoms with Gasteiger partial charge in [0.2, 0.25) is 0 Å². The van der Waals surface area contributed by atoms with Crippen LogP contribution in [0, 0.1) is 0 Å². The molecule has 104 valence electrons. The fourth-order valence-electron chi connectivity index (χ4n) is 2.71. The molecule has 1 aromatic rings. The van der Waals surface area contributed by atoms with Gasteiger partial charge < -0.3 is 24.8 Å². The zero-order valence-corrected chi connectivity index (χ0v) is 11.1. The van der Waals surface area contributed by atoms with Crippen molar-refractivity contribution in [2.24, 2.45) is 0 Å². The van der Waals surface area contributed by atoms with Crippen LogP contribution in [-0.4, -0.2) is 50.7 Å². The second kappa shape index (κ2) is 5.27. The Labute approximate surface area is 113 Å². The summed E-state index contributed by atoms with van der Waals surface area (Å²) in [5, 5.41) is 12.6. The predicted molar refractivity (Wildman–Crippen MR) is 74.1 cm³/mol. The van der Waals surface area contributed by atoms with Gasteiger partial charge in [-0.05, 0) is 18.6 Å². The Morgan fingerprint density at radius 1 is 1.47 bits per heavy atom. The quantitative estimate of drug-likeness (QED) is 0.855. The van der Waals surface area contributed by atoms with Gasteiger partial charge in [0.05, 0.1) is 37.6 Å². The Hall–Kier alpha value is -1.46. The van der Waals surface area contributed by atoms with Crippen molar-refractivity contribution in [3.63, 3.8) is 0 Å². The Morgan fingerprint density at radius 2 is 2.37 bits per heavy atom. The maximum absolute atomic E-state index is 9.10. The number of hydrogen-bond acceptors (Lipinski definition) is 5. The highest BCUT2D eigenvalue weighted by Gasteiger charge is 2.26. The van der Waals surface area contributed by atoms with Gasteiger partial charge in [0.15, 0.2) is 0 Å². The number of hydrogen-bond donors (Lipinski definition) is 2. The molecule has 5 heteroatoms. The number of likely N-dealkylation sites (N-methyl/N-ethyl adjacent to an activating group) is 1. The van der Waals surface area contributed by atoms with Gasteiger partial charge in [-0.1, -0.05) is 6.07 Å². The van der Waals surface area contributed by atoms with Crippen molar-refractivity contribution in [3.8, 4) is 5.75 Å². The van der Waals surface area contributed by atoms with Crippen LogP contribution in [0.5, 0.6) is 5.75 Å². The van der Waals surface area contributed by atoms with E-state index >= 15 is 0 Å². The summed E-state index contributed by atoms with van der Waals surface area (Å²) in [6.45, 7) is 2.35. The summed E-state index contributed by atoms with van der Waals surface area (Å²) in [4.78, 5) is 2.21. The van der Waals surface area contributed by atoms with Crippen LogP contribution in [-0.2, 0) is 4.74 Å². The Balaban J connectivity index is 1.78. The number of aliphatic hydroxyl groups excluding tert-OH is 1. The molecule has 0 amide bonds. The van der Waals surface area contributed by atoms with Gasteiger partial charge in [-0.3, -0.25) is 0 Å². The molecule has 1 aromatic carbocycles. The van der Waals surface area contributed by atoms with E-state index in [1.165, 1.54) is 0 Å². The van der Waals surface area contributed by atoms with E-state index in [0.717, 1.165) is 36.7 Å². The third-order valence-electron chi connectivity index (χ3n) is 3.71. The number of aliphatic hydroxyl groups is 1. The number of nitrogens with one attached hydrogen (secondary N) is 1. The molecule has 3 rings (SSSR count). The predicted octanol–water partition coefficient (Wildman–Crippen LogP) is 1.08. The average Bonchev–Trinajstić information content (AvgIpc) is 2.87. The molecule has 19 heavy (non-hydrogen) atoms. The van der Waals surface area contributed by atoms with Crippen LogP contribution in [0.4, 0.5) is 11.4 Å². The number of nitrogens with zero attached hydrogens (tertiary/aromatic N) is 1. The van der Waals surface area contributed by atoms with Gasteiger partial charge in [-0.15, -0.1) is 0 Å². The first kappa shape index (κ1) is 12.6. The summed E-state index contributed by atoms with van der Waals surface area (Å²) in [5.41, 5.74) is 2.19. The molecule has 0 spiro atoms. The number of fused-ring (bicyclic) bond motifs is 1. The molecule has 2 atom stereocenters. The van der Waals surface area contributed by atoms with Crippen molar-refractivity contribution in [2.75, 3.05) is 43.6 Å². The van der Waals surface area contributed by atoms with Crippen LogP contribution in [0.2, 0.25) is 0 Å². The van der Waals surface area contributed by atoms with Gasteiger partial charge in [-0.25, -0.2) is 0 Å². The summed E-state index contributed by atoms with van der Waals surface area (Å²) >= 11 is 0. The van der Waals surface area contributed by atoms with Crippen molar-refractivity contribution < 1.29 is 14.6 Å². The number of anilines is 2. The third kappa shape index (κ3) is 2.48. The minimum absolute atomic E-state index is 0.0361. The molecule has 2 aliphatic heterocycles. The first-order valence-corrected chi connectivity index (χ1v) is 6.74. The van der Waals surface area contributed by atoms with Gasteiger partial charge in [0.1, 0.15) is 18.0 Å². The first-order chi connectivity index (χ1) is 9.28. The lowest BCUT2D eigenvalue weighted by molar-refractivity contribution is 0.0588. The normalized spacial score (nSPS) is 25.9. The molecule has 1 saturated heterocycles. The minimum Gasteiger partial charge on any atom is -0.489 e. The lowest BCUT2D eigenvalue weighted by Crippen LogP contribution is -2.30. The first-order valence-electron chi connectivity index (χ1n) is 6.74. The lowest BCUT2D eigenvalue weighted by atomic mass is 10.1. The molecular formula is C14H20N2O3.